The summed E-state index contributed by atoms with van der Waals surface area (Å²) in [6.07, 6.45) is 4.66. The topological polar surface area (TPSA) is 56.1 Å². The molecule has 1 N–H and O–H groups in total. The van der Waals surface area contributed by atoms with Gasteiger partial charge in [-0.2, -0.15) is 5.10 Å². The molecule has 0 spiro atoms. The number of carbonyl (C=O) groups excluding carboxylic acids is 1. The van der Waals surface area contributed by atoms with Crippen LogP contribution in [-0.4, -0.2) is 22.8 Å². The number of methoxy groups -OCH3 is 1. The van der Waals surface area contributed by atoms with E-state index < -0.39 is 5.41 Å². The lowest BCUT2D eigenvalue weighted by Crippen LogP contribution is -2.28. The lowest BCUT2D eigenvalue weighted by molar-refractivity contribution is -0.118. The molecule has 1 fully saturated rings. The molecular formula is C21H20FN3O2. The van der Waals surface area contributed by atoms with E-state index in [9.17, 15) is 9.18 Å². The molecule has 6 heteroatoms. The van der Waals surface area contributed by atoms with Crippen LogP contribution >= 0.6 is 0 Å². The van der Waals surface area contributed by atoms with Crippen LogP contribution in [0.1, 0.15) is 24.0 Å². The Morgan fingerprint density at radius 2 is 2.04 bits per heavy atom. The molecule has 1 saturated carbocycles. The van der Waals surface area contributed by atoms with Crippen LogP contribution in [0, 0.1) is 12.7 Å². The van der Waals surface area contributed by atoms with Gasteiger partial charge in [0.25, 0.3) is 0 Å². The molecule has 1 heterocycles. The predicted molar refractivity (Wildman–Crippen MR) is 101 cm³/mol. The molecule has 0 unspecified atom stereocenters. The maximum absolute atomic E-state index is 13.9. The van der Waals surface area contributed by atoms with Gasteiger partial charge in [-0.05, 0) is 43.5 Å². The van der Waals surface area contributed by atoms with E-state index in [2.05, 4.69) is 10.4 Å². The van der Waals surface area contributed by atoms with Crippen molar-refractivity contribution >= 4 is 11.6 Å². The highest BCUT2D eigenvalue weighted by molar-refractivity contribution is 6.01. The highest BCUT2D eigenvalue weighted by Gasteiger charge is 2.53. The van der Waals surface area contributed by atoms with Crippen LogP contribution in [0.4, 0.5) is 10.1 Å². The molecule has 0 radical (unpaired) electrons. The van der Waals surface area contributed by atoms with E-state index in [-0.39, 0.29) is 11.7 Å². The fraction of sp³-hybridized carbons (Fsp3) is 0.238. The van der Waals surface area contributed by atoms with Crippen molar-refractivity contribution in [3.63, 3.8) is 0 Å². The lowest BCUT2D eigenvalue weighted by atomic mass is 9.93. The summed E-state index contributed by atoms with van der Waals surface area (Å²) in [5, 5.41) is 7.08. The summed E-state index contributed by atoms with van der Waals surface area (Å²) in [6, 6.07) is 12.3. The first-order valence-electron chi connectivity index (χ1n) is 8.80. The second kappa shape index (κ2) is 6.54. The van der Waals surface area contributed by atoms with Crippen molar-refractivity contribution in [3.05, 3.63) is 71.8 Å². The van der Waals surface area contributed by atoms with Crippen molar-refractivity contribution in [1.29, 1.82) is 0 Å². The number of carbonyl (C=O) groups is 1. The highest BCUT2D eigenvalue weighted by atomic mass is 19.1. The summed E-state index contributed by atoms with van der Waals surface area (Å²) in [7, 11) is 1.62. The largest absolute Gasteiger partial charge is 0.496 e. The van der Waals surface area contributed by atoms with Gasteiger partial charge in [0, 0.05) is 5.56 Å². The number of hydrogen-bond donors (Lipinski definition) is 1. The van der Waals surface area contributed by atoms with Crippen molar-refractivity contribution in [2.75, 3.05) is 12.4 Å². The van der Waals surface area contributed by atoms with Gasteiger partial charge < -0.3 is 10.1 Å². The number of benzene rings is 2. The smallest absolute Gasteiger partial charge is 0.235 e. The predicted octanol–water partition coefficient (Wildman–Crippen LogP) is 4.00. The Bertz CT molecular complexity index is 1010. The van der Waals surface area contributed by atoms with E-state index in [1.807, 2.05) is 25.1 Å². The van der Waals surface area contributed by atoms with Gasteiger partial charge in [-0.25, -0.2) is 9.07 Å². The summed E-state index contributed by atoms with van der Waals surface area (Å²) in [5.74, 6) is 0.254. The molecule has 27 heavy (non-hydrogen) atoms. The van der Waals surface area contributed by atoms with Gasteiger partial charge in [-0.15, -0.1) is 0 Å². The Kier molecular flexibility index (Phi) is 4.18. The van der Waals surface area contributed by atoms with Crippen LogP contribution < -0.4 is 10.1 Å². The standard InChI is InChI=1S/C21H20FN3O2/c1-14-7-8-16(19(11-14)27-2)21(9-10-21)20(26)24-15-12-23-25(13-15)18-6-4-3-5-17(18)22/h3-8,11-13H,9-10H2,1-2H3,(H,24,26). The molecule has 2 aromatic carbocycles. The van der Waals surface area contributed by atoms with Crippen molar-refractivity contribution in [1.82, 2.24) is 9.78 Å². The molecule has 1 amide bonds. The molecule has 1 aliphatic carbocycles. The Labute approximate surface area is 156 Å². The number of nitrogens with one attached hydrogen (secondary N) is 1. The molecule has 4 rings (SSSR count). The number of amides is 1. The van der Waals surface area contributed by atoms with E-state index in [4.69, 9.17) is 4.74 Å². The first-order valence-corrected chi connectivity index (χ1v) is 8.80. The molecule has 1 aromatic heterocycles. The Morgan fingerprint density at radius 3 is 2.74 bits per heavy atom. The van der Waals surface area contributed by atoms with Crippen molar-refractivity contribution in [2.24, 2.45) is 0 Å². The highest BCUT2D eigenvalue weighted by Crippen LogP contribution is 2.52. The zero-order valence-electron chi connectivity index (χ0n) is 15.2. The maximum atomic E-state index is 13.9. The number of anilines is 1. The van der Waals surface area contributed by atoms with Gasteiger partial charge in [0.05, 0.1) is 30.6 Å². The number of rotatable bonds is 5. The van der Waals surface area contributed by atoms with E-state index in [0.29, 0.717) is 11.4 Å². The molecule has 0 saturated heterocycles. The van der Waals surface area contributed by atoms with Crippen LogP contribution in [0.15, 0.2) is 54.9 Å². The summed E-state index contributed by atoms with van der Waals surface area (Å²) in [5.41, 5.74) is 2.26. The zero-order valence-corrected chi connectivity index (χ0v) is 15.2. The molecule has 138 valence electrons. The average Bonchev–Trinajstić information content (AvgIpc) is 3.35. The number of hydrogen-bond acceptors (Lipinski definition) is 3. The summed E-state index contributed by atoms with van der Waals surface area (Å²) in [4.78, 5) is 13.0. The minimum absolute atomic E-state index is 0.0993. The molecule has 1 aliphatic rings. The number of ether oxygens (including phenoxy) is 1. The molecular weight excluding hydrogens is 345 g/mol. The summed E-state index contributed by atoms with van der Waals surface area (Å²) < 4.78 is 20.8. The number of nitrogens with zero attached hydrogens (tertiary/aromatic N) is 2. The molecule has 0 aliphatic heterocycles. The fourth-order valence-corrected chi connectivity index (χ4v) is 3.34. The number of halogens is 1. The van der Waals surface area contributed by atoms with Crippen LogP contribution in [0.5, 0.6) is 5.75 Å². The zero-order chi connectivity index (χ0) is 19.0. The van der Waals surface area contributed by atoms with Crippen LogP contribution in [-0.2, 0) is 10.2 Å². The number of aromatic nitrogens is 2. The van der Waals surface area contributed by atoms with Gasteiger partial charge in [-0.1, -0.05) is 24.3 Å². The van der Waals surface area contributed by atoms with Crippen LogP contribution in [0.3, 0.4) is 0 Å². The van der Waals surface area contributed by atoms with Crippen molar-refractivity contribution in [2.45, 2.75) is 25.2 Å². The minimum Gasteiger partial charge on any atom is -0.496 e. The quantitative estimate of drug-likeness (QED) is 0.744. The Hall–Kier alpha value is -3.15. The lowest BCUT2D eigenvalue weighted by Gasteiger charge is -2.18. The van der Waals surface area contributed by atoms with Gasteiger partial charge in [0.1, 0.15) is 17.3 Å². The molecule has 3 aromatic rings. The van der Waals surface area contributed by atoms with E-state index >= 15 is 0 Å². The average molecular weight is 365 g/mol. The van der Waals surface area contributed by atoms with Gasteiger partial charge in [0.2, 0.25) is 5.91 Å². The maximum Gasteiger partial charge on any atom is 0.235 e. The van der Waals surface area contributed by atoms with E-state index in [0.717, 1.165) is 29.7 Å². The molecule has 5 nitrogen and oxygen atoms in total. The van der Waals surface area contributed by atoms with E-state index in [1.165, 1.54) is 16.9 Å². The van der Waals surface area contributed by atoms with Crippen molar-refractivity contribution in [3.8, 4) is 11.4 Å². The third-order valence-corrected chi connectivity index (χ3v) is 5.00. The number of aryl methyl sites for hydroxylation is 1. The van der Waals surface area contributed by atoms with Crippen LogP contribution in [0.25, 0.3) is 5.69 Å². The Balaban J connectivity index is 1.58. The van der Waals surface area contributed by atoms with Gasteiger partial charge >= 0.3 is 0 Å². The summed E-state index contributed by atoms with van der Waals surface area (Å²) in [6.45, 7) is 1.99. The van der Waals surface area contributed by atoms with Gasteiger partial charge in [0.15, 0.2) is 0 Å². The molecule has 0 bridgehead atoms. The van der Waals surface area contributed by atoms with E-state index in [1.54, 1.807) is 31.5 Å². The normalized spacial score (nSPS) is 14.6. The monoisotopic (exact) mass is 365 g/mol. The fourth-order valence-electron chi connectivity index (χ4n) is 3.34. The number of para-hydroxylation sites is 1. The third kappa shape index (κ3) is 3.07. The van der Waals surface area contributed by atoms with Crippen molar-refractivity contribution < 1.29 is 13.9 Å². The first-order chi connectivity index (χ1) is 13.0. The minimum atomic E-state index is -0.584. The van der Waals surface area contributed by atoms with Gasteiger partial charge in [-0.3, -0.25) is 4.79 Å². The van der Waals surface area contributed by atoms with Crippen LogP contribution in [0.2, 0.25) is 0 Å². The second-order valence-corrected chi connectivity index (χ2v) is 6.86. The molecule has 0 atom stereocenters. The first kappa shape index (κ1) is 17.3. The third-order valence-electron chi connectivity index (χ3n) is 5.00. The Morgan fingerprint density at radius 1 is 1.26 bits per heavy atom. The second-order valence-electron chi connectivity index (χ2n) is 6.86. The summed E-state index contributed by atoms with van der Waals surface area (Å²) >= 11 is 0. The SMILES string of the molecule is COc1cc(C)ccc1C1(C(=O)Nc2cnn(-c3ccccc3F)c2)CC1.